The molecule has 0 radical (unpaired) electrons. The van der Waals surface area contributed by atoms with Gasteiger partial charge in [-0.2, -0.15) is 0 Å². The van der Waals surface area contributed by atoms with Crippen molar-refractivity contribution < 1.29 is 14.6 Å². The highest BCUT2D eigenvalue weighted by Gasteiger charge is 2.49. The Morgan fingerprint density at radius 1 is 1.53 bits per heavy atom. The van der Waals surface area contributed by atoms with Crippen molar-refractivity contribution in [2.75, 3.05) is 0 Å². The molecule has 17 heavy (non-hydrogen) atoms. The fourth-order valence-corrected chi connectivity index (χ4v) is 2.86. The molecule has 0 amide bonds. The van der Waals surface area contributed by atoms with E-state index in [-0.39, 0.29) is 17.3 Å². The number of esters is 1. The fourth-order valence-electron chi connectivity index (χ4n) is 2.86. The average molecular weight is 240 g/mol. The first-order valence-corrected chi connectivity index (χ1v) is 6.28. The number of rotatable bonds is 3. The lowest BCUT2D eigenvalue weighted by Gasteiger charge is -2.47. The second-order valence-corrected chi connectivity index (χ2v) is 6.20. The topological polar surface area (TPSA) is 46.5 Å². The molecule has 2 unspecified atom stereocenters. The summed E-state index contributed by atoms with van der Waals surface area (Å²) in [5.74, 6) is -1.61. The second-order valence-electron chi connectivity index (χ2n) is 6.20. The summed E-state index contributed by atoms with van der Waals surface area (Å²) >= 11 is 0. The van der Waals surface area contributed by atoms with Gasteiger partial charge in [0.1, 0.15) is 0 Å². The summed E-state index contributed by atoms with van der Waals surface area (Å²) in [5, 5.41) is 10.6. The molecule has 0 aliphatic heterocycles. The summed E-state index contributed by atoms with van der Waals surface area (Å²) in [4.78, 5) is 11.4. The Balaban J connectivity index is 2.93. The van der Waals surface area contributed by atoms with Crippen molar-refractivity contribution in [3.05, 3.63) is 12.7 Å². The van der Waals surface area contributed by atoms with Crippen LogP contribution in [0.3, 0.4) is 0 Å². The van der Waals surface area contributed by atoms with Gasteiger partial charge in [-0.1, -0.05) is 34.3 Å². The van der Waals surface area contributed by atoms with E-state index in [4.69, 9.17) is 4.74 Å². The van der Waals surface area contributed by atoms with Crippen LogP contribution in [0.1, 0.15) is 47.0 Å². The van der Waals surface area contributed by atoms with E-state index in [0.717, 1.165) is 18.9 Å². The van der Waals surface area contributed by atoms with Gasteiger partial charge in [0.05, 0.1) is 0 Å². The molecule has 1 N–H and O–H groups in total. The predicted octanol–water partition coefficient (Wildman–Crippen LogP) is 2.89. The van der Waals surface area contributed by atoms with E-state index in [9.17, 15) is 9.90 Å². The van der Waals surface area contributed by atoms with Gasteiger partial charge < -0.3 is 9.84 Å². The molecular formula is C14H24O3. The molecule has 1 rings (SSSR count). The van der Waals surface area contributed by atoms with Gasteiger partial charge in [0.2, 0.25) is 5.79 Å². The third-order valence-electron chi connectivity index (χ3n) is 3.69. The van der Waals surface area contributed by atoms with E-state index >= 15 is 0 Å². The lowest BCUT2D eigenvalue weighted by atomic mass is 9.66. The standard InChI is InChI=1S/C14H24O3/c1-6-12(15)17-14(16)9-13(4,5)8-7-11(14)10(2)3/h6,10-11,16H,1,7-9H2,2-5H3. The third-order valence-corrected chi connectivity index (χ3v) is 3.69. The van der Waals surface area contributed by atoms with Crippen LogP contribution < -0.4 is 0 Å². The van der Waals surface area contributed by atoms with Crippen LogP contribution in [0.15, 0.2) is 12.7 Å². The van der Waals surface area contributed by atoms with Crippen molar-refractivity contribution in [1.29, 1.82) is 0 Å². The van der Waals surface area contributed by atoms with Gasteiger partial charge in [0.15, 0.2) is 0 Å². The highest BCUT2D eigenvalue weighted by atomic mass is 16.7. The largest absolute Gasteiger partial charge is 0.430 e. The van der Waals surface area contributed by atoms with Crippen LogP contribution in [0.25, 0.3) is 0 Å². The molecule has 0 spiro atoms. The first kappa shape index (κ1) is 14.2. The van der Waals surface area contributed by atoms with Crippen molar-refractivity contribution in [3.8, 4) is 0 Å². The van der Waals surface area contributed by atoms with Crippen molar-refractivity contribution in [2.24, 2.45) is 17.3 Å². The fraction of sp³-hybridized carbons (Fsp3) is 0.786. The molecule has 0 bridgehead atoms. The van der Waals surface area contributed by atoms with E-state index in [1.165, 1.54) is 0 Å². The quantitative estimate of drug-likeness (QED) is 0.469. The summed E-state index contributed by atoms with van der Waals surface area (Å²) < 4.78 is 5.24. The normalized spacial score (nSPS) is 32.2. The highest BCUT2D eigenvalue weighted by Crippen LogP contribution is 2.47. The Hall–Kier alpha value is -0.830. The zero-order valence-electron chi connectivity index (χ0n) is 11.3. The second kappa shape index (κ2) is 4.81. The van der Waals surface area contributed by atoms with E-state index < -0.39 is 11.8 Å². The molecule has 1 saturated carbocycles. The van der Waals surface area contributed by atoms with Gasteiger partial charge in [0, 0.05) is 18.4 Å². The monoisotopic (exact) mass is 240 g/mol. The van der Waals surface area contributed by atoms with Crippen LogP contribution in [0, 0.1) is 17.3 Å². The Bertz CT molecular complexity index is 307. The number of hydrogen-bond acceptors (Lipinski definition) is 3. The minimum Gasteiger partial charge on any atom is -0.430 e. The molecular weight excluding hydrogens is 216 g/mol. The van der Waals surface area contributed by atoms with E-state index in [2.05, 4.69) is 34.3 Å². The molecule has 0 aromatic rings. The van der Waals surface area contributed by atoms with Gasteiger partial charge in [-0.3, -0.25) is 0 Å². The lowest BCUT2D eigenvalue weighted by molar-refractivity contribution is -0.260. The maximum atomic E-state index is 11.4. The van der Waals surface area contributed by atoms with Crippen molar-refractivity contribution in [3.63, 3.8) is 0 Å². The Kier molecular flexibility index (Phi) is 4.03. The van der Waals surface area contributed by atoms with Crippen LogP contribution in [-0.4, -0.2) is 16.9 Å². The molecule has 1 aliphatic carbocycles. The van der Waals surface area contributed by atoms with Gasteiger partial charge in [0.25, 0.3) is 0 Å². The smallest absolute Gasteiger partial charge is 0.332 e. The van der Waals surface area contributed by atoms with E-state index in [1.54, 1.807) is 0 Å². The van der Waals surface area contributed by atoms with Crippen LogP contribution in [0.5, 0.6) is 0 Å². The summed E-state index contributed by atoms with van der Waals surface area (Å²) in [6, 6.07) is 0. The van der Waals surface area contributed by atoms with Gasteiger partial charge in [-0.05, 0) is 24.2 Å². The molecule has 1 fully saturated rings. The highest BCUT2D eigenvalue weighted by molar-refractivity contribution is 5.81. The van der Waals surface area contributed by atoms with Crippen molar-refractivity contribution in [2.45, 2.75) is 52.7 Å². The van der Waals surface area contributed by atoms with Crippen molar-refractivity contribution in [1.82, 2.24) is 0 Å². The Morgan fingerprint density at radius 2 is 2.12 bits per heavy atom. The summed E-state index contributed by atoms with van der Waals surface area (Å²) in [5.41, 5.74) is 0.00158. The first-order valence-electron chi connectivity index (χ1n) is 6.28. The molecule has 98 valence electrons. The Labute approximate surface area is 104 Å². The molecule has 0 heterocycles. The molecule has 0 saturated heterocycles. The number of carbonyl (C=O) groups excluding carboxylic acids is 1. The van der Waals surface area contributed by atoms with Crippen LogP contribution in [0.4, 0.5) is 0 Å². The maximum Gasteiger partial charge on any atom is 0.332 e. The van der Waals surface area contributed by atoms with Crippen molar-refractivity contribution >= 4 is 5.97 Å². The molecule has 2 atom stereocenters. The van der Waals surface area contributed by atoms with E-state index in [1.807, 2.05) is 0 Å². The van der Waals surface area contributed by atoms with Crippen LogP contribution in [-0.2, 0) is 9.53 Å². The van der Waals surface area contributed by atoms with E-state index in [0.29, 0.717) is 6.42 Å². The number of hydrogen-bond donors (Lipinski definition) is 1. The minimum atomic E-state index is -1.35. The minimum absolute atomic E-state index is 0.000532. The number of carbonyl (C=O) groups is 1. The summed E-state index contributed by atoms with van der Waals surface area (Å²) in [7, 11) is 0. The molecule has 3 heteroatoms. The zero-order chi connectivity index (χ0) is 13.3. The number of aliphatic hydroxyl groups is 1. The van der Waals surface area contributed by atoms with Gasteiger partial charge in [-0.15, -0.1) is 0 Å². The SMILES string of the molecule is C=CC(=O)OC1(O)CC(C)(C)CCC1C(C)C. The number of ether oxygens (including phenoxy) is 1. The average Bonchev–Trinajstić information content (AvgIpc) is 2.14. The molecule has 3 nitrogen and oxygen atoms in total. The van der Waals surface area contributed by atoms with Gasteiger partial charge in [-0.25, -0.2) is 4.79 Å². The van der Waals surface area contributed by atoms with Crippen LogP contribution >= 0.6 is 0 Å². The summed E-state index contributed by atoms with van der Waals surface area (Å²) in [6.45, 7) is 11.7. The van der Waals surface area contributed by atoms with Gasteiger partial charge >= 0.3 is 5.97 Å². The maximum absolute atomic E-state index is 11.4. The summed E-state index contributed by atoms with van der Waals surface area (Å²) in [6.07, 6.45) is 3.52. The third kappa shape index (κ3) is 3.32. The first-order chi connectivity index (χ1) is 7.70. The molecule has 1 aliphatic rings. The molecule has 0 aromatic carbocycles. The zero-order valence-corrected chi connectivity index (χ0v) is 11.3. The van der Waals surface area contributed by atoms with Crippen LogP contribution in [0.2, 0.25) is 0 Å². The lowest BCUT2D eigenvalue weighted by Crippen LogP contribution is -2.51. The predicted molar refractivity (Wildman–Crippen MR) is 67.2 cm³/mol. The Morgan fingerprint density at radius 3 is 2.59 bits per heavy atom. The molecule has 0 aromatic heterocycles.